The van der Waals surface area contributed by atoms with Gasteiger partial charge in [0.1, 0.15) is 6.10 Å². The Balaban J connectivity index is 2.50. The maximum atomic E-state index is 7.39. The molecule has 48 valence electrons. The van der Waals surface area contributed by atoms with Gasteiger partial charge in [0, 0.05) is 7.77 Å². The van der Waals surface area contributed by atoms with Gasteiger partial charge < -0.3 is 4.74 Å². The summed E-state index contributed by atoms with van der Waals surface area (Å²) in [7, 11) is 0. The molecule has 0 saturated carbocycles. The SMILES string of the molecule is [2H]C(C=C)C1C=CC=CO1. The number of hydrogen-bond donors (Lipinski definition) is 0. The Morgan fingerprint density at radius 2 is 2.67 bits per heavy atom. The van der Waals surface area contributed by atoms with Crippen molar-refractivity contribution in [1.29, 1.82) is 0 Å². The van der Waals surface area contributed by atoms with Gasteiger partial charge in [0.25, 0.3) is 0 Å². The molecule has 0 fully saturated rings. The van der Waals surface area contributed by atoms with Gasteiger partial charge in [-0.2, -0.15) is 0 Å². The third kappa shape index (κ3) is 1.76. The summed E-state index contributed by atoms with van der Waals surface area (Å²) in [5.74, 6) is 0. The first kappa shape index (κ1) is 4.86. The minimum Gasteiger partial charge on any atom is -0.494 e. The molecule has 1 rings (SSSR count). The van der Waals surface area contributed by atoms with E-state index in [0.717, 1.165) is 0 Å². The molecule has 0 spiro atoms. The van der Waals surface area contributed by atoms with Gasteiger partial charge in [-0.05, 0) is 12.2 Å². The minimum atomic E-state index is -0.360. The van der Waals surface area contributed by atoms with E-state index in [1.54, 1.807) is 18.4 Å². The number of hydrogen-bond acceptors (Lipinski definition) is 1. The predicted molar refractivity (Wildman–Crippen MR) is 38.0 cm³/mol. The van der Waals surface area contributed by atoms with Crippen molar-refractivity contribution in [3.05, 3.63) is 37.1 Å². The highest BCUT2D eigenvalue weighted by Gasteiger charge is 2.00. The average molecular weight is 123 g/mol. The number of rotatable bonds is 2. The first-order valence-electron chi connectivity index (χ1n) is 3.46. The van der Waals surface area contributed by atoms with Crippen LogP contribution in [0.15, 0.2) is 37.1 Å². The van der Waals surface area contributed by atoms with Crippen LogP contribution in [0.2, 0.25) is 0 Å². The Morgan fingerprint density at radius 3 is 3.22 bits per heavy atom. The summed E-state index contributed by atoms with van der Waals surface area (Å²) in [6.07, 6.45) is 8.16. The Kier molecular flexibility index (Phi) is 1.69. The quantitative estimate of drug-likeness (QED) is 0.510. The molecule has 2 unspecified atom stereocenters. The molecule has 0 aromatic rings. The summed E-state index contributed by atoms with van der Waals surface area (Å²) in [6, 6.07) is 0. The van der Waals surface area contributed by atoms with Gasteiger partial charge in [-0.15, -0.1) is 6.58 Å². The molecule has 0 aromatic carbocycles. The molecule has 0 radical (unpaired) electrons. The number of ether oxygens (including phenoxy) is 1. The second-order valence-electron chi connectivity index (χ2n) is 1.74. The molecule has 9 heavy (non-hydrogen) atoms. The second-order valence-corrected chi connectivity index (χ2v) is 1.74. The van der Waals surface area contributed by atoms with E-state index >= 15 is 0 Å². The van der Waals surface area contributed by atoms with Crippen LogP contribution in [0.5, 0.6) is 0 Å². The molecule has 1 nitrogen and oxygen atoms in total. The molecule has 0 saturated heterocycles. The second kappa shape index (κ2) is 3.13. The zero-order valence-electron chi connectivity index (χ0n) is 6.16. The maximum absolute atomic E-state index is 7.39. The zero-order valence-corrected chi connectivity index (χ0v) is 5.16. The van der Waals surface area contributed by atoms with Gasteiger partial charge in [0.05, 0.1) is 6.26 Å². The zero-order chi connectivity index (χ0) is 7.40. The predicted octanol–water partition coefficient (Wildman–Crippen LogP) is 2.03. The van der Waals surface area contributed by atoms with Crippen LogP contribution in [0.4, 0.5) is 0 Å². The third-order valence-corrected chi connectivity index (χ3v) is 1.05. The van der Waals surface area contributed by atoms with Crippen LogP contribution in [-0.2, 0) is 4.74 Å². The lowest BCUT2D eigenvalue weighted by Crippen LogP contribution is -2.05. The van der Waals surface area contributed by atoms with Gasteiger partial charge in [0.2, 0.25) is 0 Å². The fourth-order valence-corrected chi connectivity index (χ4v) is 0.644. The van der Waals surface area contributed by atoms with Gasteiger partial charge in [0.15, 0.2) is 0 Å². The lowest BCUT2D eigenvalue weighted by atomic mass is 10.2. The molecule has 1 heterocycles. The maximum Gasteiger partial charge on any atom is 0.120 e. The van der Waals surface area contributed by atoms with Crippen LogP contribution in [0.25, 0.3) is 0 Å². The van der Waals surface area contributed by atoms with Gasteiger partial charge in [-0.25, -0.2) is 0 Å². The van der Waals surface area contributed by atoms with E-state index in [4.69, 9.17) is 6.11 Å². The normalized spacial score (nSPS) is 28.4. The third-order valence-electron chi connectivity index (χ3n) is 1.05. The Bertz CT molecular complexity index is 172. The van der Waals surface area contributed by atoms with Gasteiger partial charge in [-0.1, -0.05) is 12.2 Å². The summed E-state index contributed by atoms with van der Waals surface area (Å²) in [5, 5.41) is 0. The Morgan fingerprint density at radius 1 is 1.78 bits per heavy atom. The van der Waals surface area contributed by atoms with Crippen LogP contribution >= 0.6 is 0 Å². The van der Waals surface area contributed by atoms with Crippen molar-refractivity contribution in [3.8, 4) is 0 Å². The van der Waals surface area contributed by atoms with Crippen molar-refractivity contribution in [3.63, 3.8) is 0 Å². The van der Waals surface area contributed by atoms with Crippen LogP contribution < -0.4 is 0 Å². The summed E-state index contributed by atoms with van der Waals surface area (Å²) in [6.45, 7) is 3.51. The first-order chi connectivity index (χ1) is 4.84. The molecule has 0 aromatic heterocycles. The monoisotopic (exact) mass is 123 g/mol. The van der Waals surface area contributed by atoms with E-state index in [2.05, 4.69) is 6.58 Å². The van der Waals surface area contributed by atoms with E-state index in [1.807, 2.05) is 12.2 Å². The molecule has 0 amide bonds. The number of allylic oxidation sites excluding steroid dienone is 2. The Hall–Kier alpha value is -0.980. The van der Waals surface area contributed by atoms with E-state index in [-0.39, 0.29) is 12.5 Å². The van der Waals surface area contributed by atoms with E-state index < -0.39 is 0 Å². The van der Waals surface area contributed by atoms with Gasteiger partial charge in [-0.3, -0.25) is 0 Å². The molecule has 0 N–H and O–H groups in total. The molecular formula is C8H10O. The molecule has 0 bridgehead atoms. The summed E-state index contributed by atoms with van der Waals surface area (Å²) in [5.41, 5.74) is 0. The standard InChI is InChI=1S/C8H10O/c1-2-5-8-6-3-4-7-9-8/h2-4,6-8H,1,5H2/i5D. The lowest BCUT2D eigenvalue weighted by Gasteiger charge is -2.11. The Labute approximate surface area is 56.7 Å². The van der Waals surface area contributed by atoms with E-state index in [9.17, 15) is 0 Å². The van der Waals surface area contributed by atoms with Gasteiger partial charge >= 0.3 is 0 Å². The van der Waals surface area contributed by atoms with Crippen molar-refractivity contribution in [1.82, 2.24) is 0 Å². The smallest absolute Gasteiger partial charge is 0.120 e. The topological polar surface area (TPSA) is 9.23 Å². The van der Waals surface area contributed by atoms with Crippen LogP contribution in [0.1, 0.15) is 7.77 Å². The van der Waals surface area contributed by atoms with Crippen molar-refractivity contribution >= 4 is 0 Å². The highest BCUT2D eigenvalue weighted by Crippen LogP contribution is 2.05. The fourth-order valence-electron chi connectivity index (χ4n) is 0.644. The fraction of sp³-hybridized carbons (Fsp3) is 0.250. The molecule has 2 atom stereocenters. The largest absolute Gasteiger partial charge is 0.494 e. The van der Waals surface area contributed by atoms with Crippen LogP contribution in [-0.4, -0.2) is 6.10 Å². The molecule has 1 aliphatic rings. The molecule has 1 aliphatic heterocycles. The minimum absolute atomic E-state index is 0.150. The van der Waals surface area contributed by atoms with Crippen LogP contribution in [0, 0.1) is 0 Å². The van der Waals surface area contributed by atoms with E-state index in [0.29, 0.717) is 0 Å². The average Bonchev–Trinajstić information content (AvgIpc) is 2.05. The van der Waals surface area contributed by atoms with E-state index in [1.165, 1.54) is 0 Å². The first-order valence-corrected chi connectivity index (χ1v) is 2.88. The molecule has 0 aliphatic carbocycles. The van der Waals surface area contributed by atoms with Crippen molar-refractivity contribution in [2.24, 2.45) is 0 Å². The highest BCUT2D eigenvalue weighted by molar-refractivity contribution is 5.08. The summed E-state index contributed by atoms with van der Waals surface area (Å²) >= 11 is 0. The summed E-state index contributed by atoms with van der Waals surface area (Å²) < 4.78 is 12.5. The van der Waals surface area contributed by atoms with Crippen LogP contribution in [0.3, 0.4) is 0 Å². The highest BCUT2D eigenvalue weighted by atomic mass is 16.5. The van der Waals surface area contributed by atoms with Crippen molar-refractivity contribution < 1.29 is 6.11 Å². The lowest BCUT2D eigenvalue weighted by molar-refractivity contribution is 0.186. The molecule has 1 heteroatoms. The van der Waals surface area contributed by atoms with Crippen molar-refractivity contribution in [2.75, 3.05) is 0 Å². The summed E-state index contributed by atoms with van der Waals surface area (Å²) in [4.78, 5) is 0. The molecular weight excluding hydrogens is 112 g/mol. The van der Waals surface area contributed by atoms with Crippen molar-refractivity contribution in [2.45, 2.75) is 12.5 Å².